The standard InChI is InChI=1S/C48H93N3O8/c1-4-7-10-13-15-16-17-18-19-20-21-22-23-25-28-32-46(54)57-42-37-51(39-44-59-48(56)49-33-29-34-50(35-40-52)36-41-53)38-43-58-47(55)45(30-26-12-9-6-3)31-27-24-14-11-8-5-2/h18-19,45,52-53H,4-17,20-44H2,1-3H3,(H,49,56)/b19-18-. The summed E-state index contributed by atoms with van der Waals surface area (Å²) >= 11 is 0. The van der Waals surface area contributed by atoms with E-state index in [1.165, 1.54) is 89.9 Å². The van der Waals surface area contributed by atoms with E-state index in [0.717, 1.165) is 70.6 Å². The third-order valence-electron chi connectivity index (χ3n) is 11.0. The summed E-state index contributed by atoms with van der Waals surface area (Å²) in [6, 6.07) is 0. The van der Waals surface area contributed by atoms with Crippen LogP contribution in [0.2, 0.25) is 0 Å². The molecule has 348 valence electrons. The Bertz CT molecular complexity index is 963. The number of aliphatic hydroxyl groups is 2. The lowest BCUT2D eigenvalue weighted by Crippen LogP contribution is -2.37. The van der Waals surface area contributed by atoms with Crippen LogP contribution in [0.15, 0.2) is 12.2 Å². The molecule has 0 bridgehead atoms. The van der Waals surface area contributed by atoms with E-state index in [1.54, 1.807) is 0 Å². The van der Waals surface area contributed by atoms with Crippen LogP contribution < -0.4 is 5.32 Å². The van der Waals surface area contributed by atoms with Crippen LogP contribution in [0.25, 0.3) is 0 Å². The second-order valence-corrected chi connectivity index (χ2v) is 16.4. The second-order valence-electron chi connectivity index (χ2n) is 16.4. The van der Waals surface area contributed by atoms with Crippen molar-refractivity contribution in [2.24, 2.45) is 5.92 Å². The minimum absolute atomic E-state index is 0.0149. The maximum atomic E-state index is 13.3. The number of carbonyl (C=O) groups excluding carboxylic acids is 3. The number of alkyl carbamates (subject to hydrolysis) is 1. The van der Waals surface area contributed by atoms with Gasteiger partial charge in [0.15, 0.2) is 0 Å². The summed E-state index contributed by atoms with van der Waals surface area (Å²) in [5.41, 5.74) is 0. The van der Waals surface area contributed by atoms with Crippen molar-refractivity contribution in [1.29, 1.82) is 0 Å². The second kappa shape index (κ2) is 45.3. The van der Waals surface area contributed by atoms with Crippen LogP contribution in [0.4, 0.5) is 4.79 Å². The lowest BCUT2D eigenvalue weighted by Gasteiger charge is -2.23. The third-order valence-corrected chi connectivity index (χ3v) is 11.0. The highest BCUT2D eigenvalue weighted by Gasteiger charge is 2.20. The summed E-state index contributed by atoms with van der Waals surface area (Å²) in [7, 11) is 0. The number of rotatable bonds is 45. The third kappa shape index (κ3) is 39.7. The number of ether oxygens (including phenoxy) is 3. The fourth-order valence-electron chi connectivity index (χ4n) is 7.23. The van der Waals surface area contributed by atoms with E-state index in [0.29, 0.717) is 58.7 Å². The molecule has 0 aromatic carbocycles. The van der Waals surface area contributed by atoms with Gasteiger partial charge in [0.05, 0.1) is 19.1 Å². The summed E-state index contributed by atoms with van der Waals surface area (Å²) in [6.07, 6.45) is 34.4. The number of nitrogens with zero attached hydrogens (tertiary/aromatic N) is 2. The minimum atomic E-state index is -0.515. The zero-order chi connectivity index (χ0) is 43.3. The number of amides is 1. The molecule has 1 amide bonds. The highest BCUT2D eigenvalue weighted by atomic mass is 16.6. The maximum Gasteiger partial charge on any atom is 0.407 e. The first-order chi connectivity index (χ1) is 28.9. The van der Waals surface area contributed by atoms with Gasteiger partial charge in [0, 0.05) is 45.7 Å². The lowest BCUT2D eigenvalue weighted by atomic mass is 9.94. The van der Waals surface area contributed by atoms with Crippen molar-refractivity contribution in [3.63, 3.8) is 0 Å². The number of hydrogen-bond donors (Lipinski definition) is 3. The summed E-state index contributed by atoms with van der Waals surface area (Å²) in [5.74, 6) is -0.384. The normalized spacial score (nSPS) is 12.1. The number of hydrogen-bond acceptors (Lipinski definition) is 10. The number of carbonyl (C=O) groups is 3. The quantitative estimate of drug-likeness (QED) is 0.0235. The predicted octanol–water partition coefficient (Wildman–Crippen LogP) is 10.2. The van der Waals surface area contributed by atoms with E-state index in [2.05, 4.69) is 38.2 Å². The summed E-state index contributed by atoms with van der Waals surface area (Å²) < 4.78 is 16.9. The highest BCUT2D eigenvalue weighted by Crippen LogP contribution is 2.20. The molecule has 1 atom stereocenters. The predicted molar refractivity (Wildman–Crippen MR) is 243 cm³/mol. The van der Waals surface area contributed by atoms with Gasteiger partial charge in [0.2, 0.25) is 0 Å². The van der Waals surface area contributed by atoms with E-state index >= 15 is 0 Å². The van der Waals surface area contributed by atoms with Crippen molar-refractivity contribution in [3.8, 4) is 0 Å². The summed E-state index contributed by atoms with van der Waals surface area (Å²) in [4.78, 5) is 42.1. The van der Waals surface area contributed by atoms with E-state index in [-0.39, 0.29) is 50.9 Å². The zero-order valence-corrected chi connectivity index (χ0v) is 38.5. The van der Waals surface area contributed by atoms with E-state index in [4.69, 9.17) is 14.2 Å². The van der Waals surface area contributed by atoms with Crippen LogP contribution in [0.3, 0.4) is 0 Å². The Kier molecular flexibility index (Phi) is 43.6. The van der Waals surface area contributed by atoms with E-state index in [1.807, 2.05) is 9.80 Å². The van der Waals surface area contributed by atoms with Gasteiger partial charge in [-0.3, -0.25) is 19.4 Å². The number of esters is 2. The van der Waals surface area contributed by atoms with Gasteiger partial charge in [-0.2, -0.15) is 0 Å². The van der Waals surface area contributed by atoms with Gasteiger partial charge in [-0.1, -0.05) is 148 Å². The van der Waals surface area contributed by atoms with Gasteiger partial charge >= 0.3 is 18.0 Å². The van der Waals surface area contributed by atoms with Crippen LogP contribution >= 0.6 is 0 Å². The smallest absolute Gasteiger partial charge is 0.407 e. The molecule has 0 fully saturated rings. The van der Waals surface area contributed by atoms with Gasteiger partial charge in [-0.25, -0.2) is 4.79 Å². The maximum absolute atomic E-state index is 13.3. The molecular weight excluding hydrogens is 747 g/mol. The molecule has 0 heterocycles. The Morgan fingerprint density at radius 2 is 0.949 bits per heavy atom. The molecule has 0 rings (SSSR count). The Morgan fingerprint density at radius 3 is 1.49 bits per heavy atom. The van der Waals surface area contributed by atoms with Crippen LogP contribution in [0, 0.1) is 5.92 Å². The van der Waals surface area contributed by atoms with Crippen molar-refractivity contribution in [1.82, 2.24) is 15.1 Å². The molecule has 0 saturated carbocycles. The molecule has 0 saturated heterocycles. The molecule has 1 unspecified atom stereocenters. The number of aliphatic hydroxyl groups excluding tert-OH is 2. The Balaban J connectivity index is 4.76. The van der Waals surface area contributed by atoms with Gasteiger partial charge < -0.3 is 29.7 Å². The fourth-order valence-corrected chi connectivity index (χ4v) is 7.23. The largest absolute Gasteiger partial charge is 0.464 e. The first-order valence-corrected chi connectivity index (χ1v) is 24.5. The zero-order valence-electron chi connectivity index (χ0n) is 38.5. The summed E-state index contributed by atoms with van der Waals surface area (Å²) in [5, 5.41) is 21.1. The topological polar surface area (TPSA) is 138 Å². The van der Waals surface area contributed by atoms with Crippen molar-refractivity contribution in [2.45, 2.75) is 194 Å². The van der Waals surface area contributed by atoms with Gasteiger partial charge in [-0.15, -0.1) is 0 Å². The SMILES string of the molecule is CCCCCCCC/C=C\CCCCCCCC(=O)OCCN(CCOC(=O)NCCCN(CCO)CCO)CCOC(=O)C(CCCCCC)CCCCCCCC. The van der Waals surface area contributed by atoms with Gasteiger partial charge in [-0.05, 0) is 57.9 Å². The molecule has 11 nitrogen and oxygen atoms in total. The molecule has 3 N–H and O–H groups in total. The van der Waals surface area contributed by atoms with Crippen molar-refractivity contribution < 1.29 is 38.8 Å². The monoisotopic (exact) mass is 840 g/mol. The van der Waals surface area contributed by atoms with Crippen molar-refractivity contribution in [3.05, 3.63) is 12.2 Å². The number of allylic oxidation sites excluding steroid dienone is 2. The Morgan fingerprint density at radius 1 is 0.508 bits per heavy atom. The van der Waals surface area contributed by atoms with Crippen LogP contribution in [0.1, 0.15) is 194 Å². The van der Waals surface area contributed by atoms with Crippen molar-refractivity contribution >= 4 is 18.0 Å². The molecule has 0 aromatic rings. The molecule has 59 heavy (non-hydrogen) atoms. The molecule has 0 aliphatic rings. The number of nitrogens with one attached hydrogen (secondary N) is 1. The average molecular weight is 840 g/mol. The van der Waals surface area contributed by atoms with Gasteiger partial charge in [0.25, 0.3) is 0 Å². The molecule has 0 spiro atoms. The first kappa shape index (κ1) is 56.8. The molecule has 0 aliphatic carbocycles. The fraction of sp³-hybridized carbons (Fsp3) is 0.896. The van der Waals surface area contributed by atoms with Crippen LogP contribution in [0.5, 0.6) is 0 Å². The molecular formula is C48H93N3O8. The minimum Gasteiger partial charge on any atom is -0.464 e. The molecule has 0 aromatic heterocycles. The highest BCUT2D eigenvalue weighted by molar-refractivity contribution is 5.72. The van der Waals surface area contributed by atoms with Crippen molar-refractivity contribution in [2.75, 3.05) is 78.8 Å². The lowest BCUT2D eigenvalue weighted by molar-refractivity contribution is -0.149. The summed E-state index contributed by atoms with van der Waals surface area (Å²) in [6.45, 7) is 10.6. The van der Waals surface area contributed by atoms with Gasteiger partial charge in [0.1, 0.15) is 19.8 Å². The van der Waals surface area contributed by atoms with Crippen LogP contribution in [-0.4, -0.2) is 117 Å². The van der Waals surface area contributed by atoms with E-state index < -0.39 is 6.09 Å². The molecule has 0 radical (unpaired) electrons. The molecule has 0 aliphatic heterocycles. The van der Waals surface area contributed by atoms with Crippen LogP contribution in [-0.2, 0) is 23.8 Å². The Hall–Kier alpha value is -2.21. The first-order valence-electron chi connectivity index (χ1n) is 24.5. The average Bonchev–Trinajstić information content (AvgIpc) is 3.22. The molecule has 11 heteroatoms. The number of unbranched alkanes of at least 4 members (excludes halogenated alkanes) is 19. The Labute approximate surface area is 362 Å². The van der Waals surface area contributed by atoms with E-state index in [9.17, 15) is 24.6 Å².